The van der Waals surface area contributed by atoms with Crippen LogP contribution in [0, 0.1) is 6.92 Å². The van der Waals surface area contributed by atoms with Crippen LogP contribution in [0.15, 0.2) is 24.3 Å². The van der Waals surface area contributed by atoms with E-state index in [0.717, 1.165) is 25.2 Å². The van der Waals surface area contributed by atoms with E-state index in [4.69, 9.17) is 9.47 Å². The number of nitrogens with one attached hydrogen (secondary N) is 1. The summed E-state index contributed by atoms with van der Waals surface area (Å²) in [5, 5.41) is 2.92. The van der Waals surface area contributed by atoms with E-state index in [9.17, 15) is 4.79 Å². The van der Waals surface area contributed by atoms with E-state index < -0.39 is 0 Å². The highest BCUT2D eigenvalue weighted by Crippen LogP contribution is 2.12. The molecule has 1 aromatic rings. The third-order valence-corrected chi connectivity index (χ3v) is 3.70. The second-order valence-corrected chi connectivity index (χ2v) is 5.84. The highest BCUT2D eigenvalue weighted by atomic mass is 16.5. The highest BCUT2D eigenvalue weighted by molar-refractivity contribution is 5.77. The van der Waals surface area contributed by atoms with Crippen LogP contribution in [0.5, 0.6) is 5.75 Å². The SMILES string of the molecule is Cc1cccc(OCCN(C)CC(=O)NCC2CCCO2)c1. The second kappa shape index (κ2) is 8.76. The quantitative estimate of drug-likeness (QED) is 0.792. The van der Waals surface area contributed by atoms with E-state index in [1.54, 1.807) is 0 Å². The van der Waals surface area contributed by atoms with E-state index in [-0.39, 0.29) is 12.0 Å². The minimum absolute atomic E-state index is 0.0357. The van der Waals surface area contributed by atoms with Crippen molar-refractivity contribution in [3.8, 4) is 5.75 Å². The van der Waals surface area contributed by atoms with Crippen LogP contribution in [-0.2, 0) is 9.53 Å². The zero-order chi connectivity index (χ0) is 15.8. The molecule has 1 fully saturated rings. The fraction of sp³-hybridized carbons (Fsp3) is 0.588. The minimum Gasteiger partial charge on any atom is -0.492 e. The number of nitrogens with zero attached hydrogens (tertiary/aromatic N) is 1. The summed E-state index contributed by atoms with van der Waals surface area (Å²) in [6, 6.07) is 7.97. The molecule has 1 aromatic carbocycles. The van der Waals surface area contributed by atoms with Gasteiger partial charge in [0.15, 0.2) is 0 Å². The third kappa shape index (κ3) is 6.03. The lowest BCUT2D eigenvalue weighted by atomic mass is 10.2. The molecule has 1 saturated heterocycles. The molecule has 5 nitrogen and oxygen atoms in total. The summed E-state index contributed by atoms with van der Waals surface area (Å²) in [5.74, 6) is 0.907. The van der Waals surface area contributed by atoms with Crippen LogP contribution < -0.4 is 10.1 Å². The number of carbonyl (C=O) groups excluding carboxylic acids is 1. The van der Waals surface area contributed by atoms with E-state index in [2.05, 4.69) is 5.32 Å². The maximum atomic E-state index is 11.8. The monoisotopic (exact) mass is 306 g/mol. The normalized spacial score (nSPS) is 17.7. The molecule has 1 atom stereocenters. The smallest absolute Gasteiger partial charge is 0.234 e. The topological polar surface area (TPSA) is 50.8 Å². The van der Waals surface area contributed by atoms with Crippen LogP contribution in [0.25, 0.3) is 0 Å². The Kier molecular flexibility index (Phi) is 6.68. The van der Waals surface area contributed by atoms with Gasteiger partial charge in [0.1, 0.15) is 12.4 Å². The van der Waals surface area contributed by atoms with Gasteiger partial charge in [-0.2, -0.15) is 0 Å². The predicted octanol–water partition coefficient (Wildman–Crippen LogP) is 1.60. The molecule has 0 radical (unpaired) electrons. The average molecular weight is 306 g/mol. The molecule has 0 aliphatic carbocycles. The Morgan fingerprint density at radius 1 is 1.50 bits per heavy atom. The standard InChI is InChI=1S/C17H26N2O3/c1-14-5-3-6-15(11-14)22-10-8-19(2)13-17(20)18-12-16-7-4-9-21-16/h3,5-6,11,16H,4,7-10,12-13H2,1-2H3,(H,18,20). The van der Waals surface area contributed by atoms with Crippen molar-refractivity contribution in [2.45, 2.75) is 25.9 Å². The van der Waals surface area contributed by atoms with Crippen molar-refractivity contribution < 1.29 is 14.3 Å². The second-order valence-electron chi connectivity index (χ2n) is 5.84. The molecule has 1 aliphatic heterocycles. The highest BCUT2D eigenvalue weighted by Gasteiger charge is 2.16. The third-order valence-electron chi connectivity index (χ3n) is 3.70. The minimum atomic E-state index is 0.0357. The molecule has 0 aromatic heterocycles. The molecule has 1 N–H and O–H groups in total. The summed E-state index contributed by atoms with van der Waals surface area (Å²) in [6.45, 7) is 5.13. The molecular formula is C17H26N2O3. The number of likely N-dealkylation sites (N-methyl/N-ethyl adjacent to an activating group) is 1. The van der Waals surface area contributed by atoms with E-state index in [0.29, 0.717) is 26.2 Å². The van der Waals surface area contributed by atoms with Crippen LogP contribution in [0.1, 0.15) is 18.4 Å². The van der Waals surface area contributed by atoms with Gasteiger partial charge in [-0.3, -0.25) is 9.69 Å². The Morgan fingerprint density at radius 2 is 2.36 bits per heavy atom. The lowest BCUT2D eigenvalue weighted by Crippen LogP contribution is -2.39. The van der Waals surface area contributed by atoms with Gasteiger partial charge in [0.25, 0.3) is 0 Å². The van der Waals surface area contributed by atoms with Crippen LogP contribution >= 0.6 is 0 Å². The van der Waals surface area contributed by atoms with Gasteiger partial charge in [0, 0.05) is 19.7 Å². The molecule has 0 spiro atoms. The Morgan fingerprint density at radius 3 is 3.09 bits per heavy atom. The predicted molar refractivity (Wildman–Crippen MR) is 86.2 cm³/mol. The van der Waals surface area contributed by atoms with Crippen LogP contribution in [-0.4, -0.2) is 56.8 Å². The van der Waals surface area contributed by atoms with E-state index >= 15 is 0 Å². The lowest BCUT2D eigenvalue weighted by Gasteiger charge is -2.17. The molecular weight excluding hydrogens is 280 g/mol. The van der Waals surface area contributed by atoms with Crippen LogP contribution in [0.3, 0.4) is 0 Å². The molecule has 1 aliphatic rings. The van der Waals surface area contributed by atoms with Crippen molar-refractivity contribution in [1.29, 1.82) is 0 Å². The summed E-state index contributed by atoms with van der Waals surface area (Å²) in [4.78, 5) is 13.8. The molecule has 1 amide bonds. The lowest BCUT2D eigenvalue weighted by molar-refractivity contribution is -0.122. The number of hydrogen-bond donors (Lipinski definition) is 1. The molecule has 0 saturated carbocycles. The van der Waals surface area contributed by atoms with Crippen molar-refractivity contribution in [1.82, 2.24) is 10.2 Å². The maximum absolute atomic E-state index is 11.8. The molecule has 2 rings (SSSR count). The largest absolute Gasteiger partial charge is 0.492 e. The summed E-state index contributed by atoms with van der Waals surface area (Å²) in [6.07, 6.45) is 2.33. The molecule has 22 heavy (non-hydrogen) atoms. The van der Waals surface area contributed by atoms with Gasteiger partial charge < -0.3 is 14.8 Å². The Labute approximate surface area is 132 Å². The summed E-state index contributed by atoms with van der Waals surface area (Å²) in [7, 11) is 1.92. The van der Waals surface area contributed by atoms with Crippen molar-refractivity contribution in [2.24, 2.45) is 0 Å². The van der Waals surface area contributed by atoms with Gasteiger partial charge >= 0.3 is 0 Å². The van der Waals surface area contributed by atoms with Gasteiger partial charge in [-0.05, 0) is 44.5 Å². The van der Waals surface area contributed by atoms with Gasteiger partial charge in [0.05, 0.1) is 12.6 Å². The Bertz CT molecular complexity index is 473. The number of ether oxygens (including phenoxy) is 2. The molecule has 1 unspecified atom stereocenters. The first-order valence-electron chi connectivity index (χ1n) is 7.90. The number of hydrogen-bond acceptors (Lipinski definition) is 4. The maximum Gasteiger partial charge on any atom is 0.234 e. The van der Waals surface area contributed by atoms with Gasteiger partial charge in [-0.25, -0.2) is 0 Å². The zero-order valence-corrected chi connectivity index (χ0v) is 13.5. The number of carbonyl (C=O) groups is 1. The zero-order valence-electron chi connectivity index (χ0n) is 13.5. The number of amides is 1. The number of benzene rings is 1. The molecule has 0 bridgehead atoms. The summed E-state index contributed by atoms with van der Waals surface area (Å²) < 4.78 is 11.2. The first kappa shape index (κ1) is 16.8. The van der Waals surface area contributed by atoms with Crippen molar-refractivity contribution in [3.05, 3.63) is 29.8 Å². The van der Waals surface area contributed by atoms with Crippen molar-refractivity contribution >= 4 is 5.91 Å². The molecule has 122 valence electrons. The first-order valence-corrected chi connectivity index (χ1v) is 7.90. The number of rotatable bonds is 8. The van der Waals surface area contributed by atoms with Crippen molar-refractivity contribution in [3.63, 3.8) is 0 Å². The van der Waals surface area contributed by atoms with Gasteiger partial charge in [-0.1, -0.05) is 12.1 Å². The van der Waals surface area contributed by atoms with Crippen LogP contribution in [0.2, 0.25) is 0 Å². The molecule has 1 heterocycles. The van der Waals surface area contributed by atoms with Crippen molar-refractivity contribution in [2.75, 3.05) is 39.9 Å². The van der Waals surface area contributed by atoms with Crippen LogP contribution in [0.4, 0.5) is 0 Å². The Balaban J connectivity index is 1.58. The van der Waals surface area contributed by atoms with Gasteiger partial charge in [-0.15, -0.1) is 0 Å². The Hall–Kier alpha value is -1.59. The number of aryl methyl sites for hydroxylation is 1. The summed E-state index contributed by atoms with van der Waals surface area (Å²) >= 11 is 0. The van der Waals surface area contributed by atoms with E-state index in [1.807, 2.05) is 43.1 Å². The average Bonchev–Trinajstić information content (AvgIpc) is 2.98. The molecule has 5 heteroatoms. The van der Waals surface area contributed by atoms with E-state index in [1.165, 1.54) is 5.56 Å². The fourth-order valence-corrected chi connectivity index (χ4v) is 2.44. The first-order chi connectivity index (χ1) is 10.6. The van der Waals surface area contributed by atoms with Gasteiger partial charge in [0.2, 0.25) is 5.91 Å². The summed E-state index contributed by atoms with van der Waals surface area (Å²) in [5.41, 5.74) is 1.18. The fourth-order valence-electron chi connectivity index (χ4n) is 2.44.